The van der Waals surface area contributed by atoms with Crippen molar-refractivity contribution in [1.82, 2.24) is 10.0 Å². The van der Waals surface area contributed by atoms with Gasteiger partial charge in [0.05, 0.1) is 17.6 Å². The normalized spacial score (nSPS) is 15.7. The molecule has 0 bridgehead atoms. The molecule has 1 fully saturated rings. The summed E-state index contributed by atoms with van der Waals surface area (Å²) in [5.41, 5.74) is 0.244. The number of rotatable bonds is 6. The van der Waals surface area contributed by atoms with Crippen LogP contribution in [0.4, 0.5) is 0 Å². The molecule has 1 aliphatic rings. The standard InChI is InChI=1S/C15H22N2O4S/c1-3-16-22(19,20)12-8-9-14(21-2)13(10-12)15(18)17-11-6-4-5-7-11/h8-11,16H,3-7H2,1-2H3,(H,17,18). The lowest BCUT2D eigenvalue weighted by Crippen LogP contribution is -2.33. The summed E-state index contributed by atoms with van der Waals surface area (Å²) < 4.78 is 31.7. The van der Waals surface area contributed by atoms with E-state index in [1.165, 1.54) is 25.3 Å². The van der Waals surface area contributed by atoms with Gasteiger partial charge in [-0.15, -0.1) is 0 Å². The van der Waals surface area contributed by atoms with Crippen LogP contribution < -0.4 is 14.8 Å². The fourth-order valence-electron chi connectivity index (χ4n) is 2.64. The summed E-state index contributed by atoms with van der Waals surface area (Å²) in [6, 6.07) is 4.46. The van der Waals surface area contributed by atoms with Crippen molar-refractivity contribution in [2.45, 2.75) is 43.5 Å². The lowest BCUT2D eigenvalue weighted by Gasteiger charge is -2.15. The van der Waals surface area contributed by atoms with Crippen molar-refractivity contribution in [3.8, 4) is 5.75 Å². The molecule has 2 rings (SSSR count). The van der Waals surface area contributed by atoms with Gasteiger partial charge in [-0.2, -0.15) is 0 Å². The van der Waals surface area contributed by atoms with Gasteiger partial charge in [0, 0.05) is 12.6 Å². The van der Waals surface area contributed by atoms with Crippen molar-refractivity contribution >= 4 is 15.9 Å². The average Bonchev–Trinajstić information content (AvgIpc) is 2.99. The third-order valence-corrected chi connectivity index (χ3v) is 5.29. The predicted octanol–water partition coefficient (Wildman–Crippen LogP) is 1.67. The Morgan fingerprint density at radius 2 is 2.00 bits per heavy atom. The molecule has 6 nitrogen and oxygen atoms in total. The van der Waals surface area contributed by atoms with Gasteiger partial charge in [0.15, 0.2) is 0 Å². The molecule has 1 aromatic carbocycles. The lowest BCUT2D eigenvalue weighted by molar-refractivity contribution is 0.0934. The molecule has 1 aliphatic carbocycles. The zero-order valence-electron chi connectivity index (χ0n) is 12.9. The Hall–Kier alpha value is -1.60. The molecular formula is C15H22N2O4S. The van der Waals surface area contributed by atoms with Crippen LogP contribution >= 0.6 is 0 Å². The summed E-state index contributed by atoms with van der Waals surface area (Å²) in [6.07, 6.45) is 4.14. The highest BCUT2D eigenvalue weighted by Gasteiger charge is 2.22. The van der Waals surface area contributed by atoms with E-state index in [-0.39, 0.29) is 29.0 Å². The number of methoxy groups -OCH3 is 1. The van der Waals surface area contributed by atoms with Crippen LogP contribution in [0.2, 0.25) is 0 Å². The Labute approximate surface area is 131 Å². The van der Waals surface area contributed by atoms with Crippen LogP contribution in [0, 0.1) is 0 Å². The fourth-order valence-corrected chi connectivity index (χ4v) is 3.71. The minimum atomic E-state index is -3.60. The number of benzene rings is 1. The second-order valence-electron chi connectivity index (χ2n) is 5.32. The summed E-state index contributed by atoms with van der Waals surface area (Å²) in [6.45, 7) is 1.99. The van der Waals surface area contributed by atoms with E-state index in [0.717, 1.165) is 25.7 Å². The molecule has 0 saturated heterocycles. The van der Waals surface area contributed by atoms with E-state index >= 15 is 0 Å². The van der Waals surface area contributed by atoms with E-state index in [0.29, 0.717) is 5.75 Å². The second-order valence-corrected chi connectivity index (χ2v) is 7.09. The second kappa shape index (κ2) is 7.11. The largest absolute Gasteiger partial charge is 0.496 e. The highest BCUT2D eigenvalue weighted by Crippen LogP contribution is 2.24. The average molecular weight is 326 g/mol. The molecule has 0 atom stereocenters. The molecule has 0 heterocycles. The van der Waals surface area contributed by atoms with Crippen molar-refractivity contribution < 1.29 is 17.9 Å². The number of nitrogens with one attached hydrogen (secondary N) is 2. The Balaban J connectivity index is 2.29. The quantitative estimate of drug-likeness (QED) is 0.833. The zero-order valence-corrected chi connectivity index (χ0v) is 13.7. The Morgan fingerprint density at radius 3 is 2.59 bits per heavy atom. The minimum absolute atomic E-state index is 0.0618. The third-order valence-electron chi connectivity index (χ3n) is 3.75. The number of amides is 1. The third kappa shape index (κ3) is 3.78. The molecule has 1 saturated carbocycles. The molecule has 2 N–H and O–H groups in total. The maximum absolute atomic E-state index is 12.4. The van der Waals surface area contributed by atoms with Gasteiger partial charge in [0.2, 0.25) is 10.0 Å². The molecular weight excluding hydrogens is 304 g/mol. The highest BCUT2D eigenvalue weighted by atomic mass is 32.2. The Bertz CT molecular complexity index is 637. The van der Waals surface area contributed by atoms with E-state index in [2.05, 4.69) is 10.0 Å². The van der Waals surface area contributed by atoms with Crippen LogP contribution in [-0.2, 0) is 10.0 Å². The Morgan fingerprint density at radius 1 is 1.32 bits per heavy atom. The summed E-state index contributed by atoms with van der Waals surface area (Å²) in [5.74, 6) is 0.0724. The van der Waals surface area contributed by atoms with Crippen LogP contribution in [0.15, 0.2) is 23.1 Å². The van der Waals surface area contributed by atoms with Crippen LogP contribution in [0.25, 0.3) is 0 Å². The smallest absolute Gasteiger partial charge is 0.255 e. The molecule has 1 amide bonds. The van der Waals surface area contributed by atoms with Crippen molar-refractivity contribution in [2.75, 3.05) is 13.7 Å². The van der Waals surface area contributed by atoms with Crippen LogP contribution in [-0.4, -0.2) is 34.0 Å². The number of carbonyl (C=O) groups is 1. The number of carbonyl (C=O) groups excluding carboxylic acids is 1. The minimum Gasteiger partial charge on any atom is -0.496 e. The van der Waals surface area contributed by atoms with Gasteiger partial charge in [0.25, 0.3) is 5.91 Å². The monoisotopic (exact) mass is 326 g/mol. The first-order valence-corrected chi connectivity index (χ1v) is 8.95. The highest BCUT2D eigenvalue weighted by molar-refractivity contribution is 7.89. The van der Waals surface area contributed by atoms with Gasteiger partial charge >= 0.3 is 0 Å². The molecule has 0 spiro atoms. The first-order chi connectivity index (χ1) is 10.5. The van der Waals surface area contributed by atoms with E-state index in [1.807, 2.05) is 0 Å². The lowest BCUT2D eigenvalue weighted by atomic mass is 10.1. The molecule has 122 valence electrons. The van der Waals surface area contributed by atoms with Crippen LogP contribution in [0.1, 0.15) is 43.0 Å². The number of hydrogen-bond acceptors (Lipinski definition) is 4. The molecule has 22 heavy (non-hydrogen) atoms. The van der Waals surface area contributed by atoms with Crippen LogP contribution in [0.5, 0.6) is 5.75 Å². The fraction of sp³-hybridized carbons (Fsp3) is 0.533. The molecule has 0 unspecified atom stereocenters. The first kappa shape index (κ1) is 16.8. The summed E-state index contributed by atoms with van der Waals surface area (Å²) in [7, 11) is -2.15. The van der Waals surface area contributed by atoms with Gasteiger partial charge in [-0.1, -0.05) is 19.8 Å². The maximum atomic E-state index is 12.4. The van der Waals surface area contributed by atoms with Crippen molar-refractivity contribution in [3.63, 3.8) is 0 Å². The van der Waals surface area contributed by atoms with Crippen molar-refractivity contribution in [1.29, 1.82) is 0 Å². The zero-order chi connectivity index (χ0) is 16.2. The summed E-state index contributed by atoms with van der Waals surface area (Å²) in [4.78, 5) is 12.5. The molecule has 0 aliphatic heterocycles. The SMILES string of the molecule is CCNS(=O)(=O)c1ccc(OC)c(C(=O)NC2CCCC2)c1. The maximum Gasteiger partial charge on any atom is 0.255 e. The van der Waals surface area contributed by atoms with Crippen molar-refractivity contribution in [3.05, 3.63) is 23.8 Å². The molecule has 1 aromatic rings. The van der Waals surface area contributed by atoms with Gasteiger partial charge < -0.3 is 10.1 Å². The van der Waals surface area contributed by atoms with Gasteiger partial charge in [0.1, 0.15) is 5.75 Å². The van der Waals surface area contributed by atoms with E-state index in [4.69, 9.17) is 4.74 Å². The molecule has 0 radical (unpaired) electrons. The summed E-state index contributed by atoms with van der Waals surface area (Å²) in [5, 5.41) is 2.95. The van der Waals surface area contributed by atoms with E-state index in [9.17, 15) is 13.2 Å². The van der Waals surface area contributed by atoms with Gasteiger partial charge in [-0.3, -0.25) is 4.79 Å². The number of ether oxygens (including phenoxy) is 1. The Kier molecular flexibility index (Phi) is 5.42. The van der Waals surface area contributed by atoms with Gasteiger partial charge in [-0.05, 0) is 31.0 Å². The van der Waals surface area contributed by atoms with E-state index < -0.39 is 10.0 Å². The topological polar surface area (TPSA) is 84.5 Å². The molecule has 7 heteroatoms. The van der Waals surface area contributed by atoms with Gasteiger partial charge in [-0.25, -0.2) is 13.1 Å². The first-order valence-electron chi connectivity index (χ1n) is 7.46. The number of sulfonamides is 1. The summed E-state index contributed by atoms with van der Waals surface area (Å²) >= 11 is 0. The van der Waals surface area contributed by atoms with Crippen LogP contribution in [0.3, 0.4) is 0 Å². The van der Waals surface area contributed by atoms with Crippen molar-refractivity contribution in [2.24, 2.45) is 0 Å². The predicted molar refractivity (Wildman–Crippen MR) is 83.6 cm³/mol. The van der Waals surface area contributed by atoms with E-state index in [1.54, 1.807) is 6.92 Å². The number of hydrogen-bond donors (Lipinski definition) is 2. The molecule has 0 aromatic heterocycles.